The molecule has 1 aromatic carbocycles. The highest BCUT2D eigenvalue weighted by Gasteiger charge is 2.05. The molecule has 1 aromatic rings. The van der Waals surface area contributed by atoms with Crippen molar-refractivity contribution in [1.29, 1.82) is 0 Å². The highest BCUT2D eigenvalue weighted by Crippen LogP contribution is 2.25. The summed E-state index contributed by atoms with van der Waals surface area (Å²) in [6, 6.07) is 6.38. The summed E-state index contributed by atoms with van der Waals surface area (Å²) in [5, 5.41) is 0. The molecule has 0 fully saturated rings. The predicted molar refractivity (Wildman–Crippen MR) is 74.0 cm³/mol. The summed E-state index contributed by atoms with van der Waals surface area (Å²) in [5.41, 5.74) is 6.19. The molecule has 0 bridgehead atoms. The predicted octanol–water partition coefficient (Wildman–Crippen LogP) is 4.04. The van der Waals surface area contributed by atoms with E-state index in [9.17, 15) is 0 Å². The molecule has 1 nitrogen and oxygen atoms in total. The van der Waals surface area contributed by atoms with Crippen LogP contribution in [0.15, 0.2) is 35.9 Å². The zero-order valence-corrected chi connectivity index (χ0v) is 11.0. The van der Waals surface area contributed by atoms with Gasteiger partial charge in [-0.25, -0.2) is 0 Å². The standard InChI is InChI=1S/C15H21N/c1-11(2)13(4)10-14-12(3)8-7-9-15(14)16(5)6/h7-10H,1H2,2-6H3/b13-10+. The van der Waals surface area contributed by atoms with E-state index in [1.165, 1.54) is 22.4 Å². The number of anilines is 1. The van der Waals surface area contributed by atoms with E-state index in [2.05, 4.69) is 63.7 Å². The van der Waals surface area contributed by atoms with Crippen LogP contribution in [0.25, 0.3) is 6.08 Å². The van der Waals surface area contributed by atoms with Crippen LogP contribution < -0.4 is 4.90 Å². The Morgan fingerprint density at radius 3 is 2.38 bits per heavy atom. The van der Waals surface area contributed by atoms with Crippen LogP contribution in [0.5, 0.6) is 0 Å². The third-order valence-electron chi connectivity index (χ3n) is 2.82. The van der Waals surface area contributed by atoms with Gasteiger partial charge in [-0.3, -0.25) is 0 Å². The Balaban J connectivity index is 3.31. The second kappa shape index (κ2) is 5.02. The van der Waals surface area contributed by atoms with Crippen LogP contribution in [0.1, 0.15) is 25.0 Å². The zero-order chi connectivity index (χ0) is 12.3. The number of benzene rings is 1. The van der Waals surface area contributed by atoms with Crippen molar-refractivity contribution < 1.29 is 0 Å². The van der Waals surface area contributed by atoms with Gasteiger partial charge in [0.25, 0.3) is 0 Å². The quantitative estimate of drug-likeness (QED) is 0.688. The zero-order valence-electron chi connectivity index (χ0n) is 11.0. The van der Waals surface area contributed by atoms with Crippen LogP contribution in [-0.2, 0) is 0 Å². The smallest absolute Gasteiger partial charge is 0.0437 e. The first-order valence-corrected chi connectivity index (χ1v) is 5.54. The number of hydrogen-bond acceptors (Lipinski definition) is 1. The third kappa shape index (κ3) is 2.75. The molecule has 0 radical (unpaired) electrons. The van der Waals surface area contributed by atoms with Crippen LogP contribution in [-0.4, -0.2) is 14.1 Å². The molecule has 0 unspecified atom stereocenters. The highest BCUT2D eigenvalue weighted by atomic mass is 15.1. The van der Waals surface area contributed by atoms with Crippen molar-refractivity contribution in [3.05, 3.63) is 47.1 Å². The molecule has 16 heavy (non-hydrogen) atoms. The first kappa shape index (κ1) is 12.6. The molecule has 0 aliphatic heterocycles. The molecule has 0 aliphatic rings. The molecule has 1 rings (SSSR count). The van der Waals surface area contributed by atoms with Gasteiger partial charge in [-0.1, -0.05) is 24.3 Å². The molecule has 86 valence electrons. The maximum Gasteiger partial charge on any atom is 0.0437 e. The summed E-state index contributed by atoms with van der Waals surface area (Å²) >= 11 is 0. The minimum absolute atomic E-state index is 1.12. The summed E-state index contributed by atoms with van der Waals surface area (Å²) in [6.45, 7) is 10.3. The molecule has 0 aliphatic carbocycles. The largest absolute Gasteiger partial charge is 0.377 e. The topological polar surface area (TPSA) is 3.24 Å². The van der Waals surface area contributed by atoms with Crippen LogP contribution in [0, 0.1) is 6.92 Å². The Morgan fingerprint density at radius 2 is 1.88 bits per heavy atom. The molecular formula is C15H21N. The first-order chi connectivity index (χ1) is 7.43. The van der Waals surface area contributed by atoms with Crippen molar-refractivity contribution in [2.24, 2.45) is 0 Å². The van der Waals surface area contributed by atoms with Gasteiger partial charge in [0.2, 0.25) is 0 Å². The summed E-state index contributed by atoms with van der Waals surface area (Å²) in [4.78, 5) is 2.14. The molecule has 0 heterocycles. The van der Waals surface area contributed by atoms with Crippen molar-refractivity contribution in [1.82, 2.24) is 0 Å². The van der Waals surface area contributed by atoms with E-state index in [1.807, 2.05) is 6.92 Å². The Labute approximate surface area is 99.1 Å². The van der Waals surface area contributed by atoms with Crippen molar-refractivity contribution >= 4 is 11.8 Å². The first-order valence-electron chi connectivity index (χ1n) is 5.54. The average Bonchev–Trinajstić information content (AvgIpc) is 2.20. The van der Waals surface area contributed by atoms with E-state index < -0.39 is 0 Å². The summed E-state index contributed by atoms with van der Waals surface area (Å²) < 4.78 is 0. The molecule has 0 atom stereocenters. The van der Waals surface area contributed by atoms with Gasteiger partial charge in [-0.05, 0) is 44.1 Å². The number of hydrogen-bond donors (Lipinski definition) is 0. The van der Waals surface area contributed by atoms with Crippen LogP contribution >= 0.6 is 0 Å². The maximum atomic E-state index is 3.97. The van der Waals surface area contributed by atoms with Crippen molar-refractivity contribution in [3.8, 4) is 0 Å². The molecular weight excluding hydrogens is 194 g/mol. The van der Waals surface area contributed by atoms with Gasteiger partial charge in [0.1, 0.15) is 0 Å². The lowest BCUT2D eigenvalue weighted by atomic mass is 10.0. The van der Waals surface area contributed by atoms with Gasteiger partial charge >= 0.3 is 0 Å². The minimum Gasteiger partial charge on any atom is -0.377 e. The summed E-state index contributed by atoms with van der Waals surface area (Å²) in [6.07, 6.45) is 2.22. The van der Waals surface area contributed by atoms with Crippen molar-refractivity contribution in [2.75, 3.05) is 19.0 Å². The second-order valence-electron chi connectivity index (χ2n) is 4.51. The normalized spacial score (nSPS) is 11.4. The van der Waals surface area contributed by atoms with Gasteiger partial charge in [0.15, 0.2) is 0 Å². The molecule has 0 saturated carbocycles. The average molecular weight is 215 g/mol. The Morgan fingerprint density at radius 1 is 1.25 bits per heavy atom. The van der Waals surface area contributed by atoms with Gasteiger partial charge in [0, 0.05) is 25.3 Å². The fraction of sp³-hybridized carbons (Fsp3) is 0.333. The van der Waals surface area contributed by atoms with E-state index in [0.29, 0.717) is 0 Å². The van der Waals surface area contributed by atoms with Crippen molar-refractivity contribution in [2.45, 2.75) is 20.8 Å². The van der Waals surface area contributed by atoms with Crippen LogP contribution in [0.3, 0.4) is 0 Å². The lowest BCUT2D eigenvalue weighted by molar-refractivity contribution is 1.12. The number of aryl methyl sites for hydroxylation is 1. The van der Waals surface area contributed by atoms with E-state index in [-0.39, 0.29) is 0 Å². The lowest BCUT2D eigenvalue weighted by Crippen LogP contribution is -2.10. The molecule has 0 N–H and O–H groups in total. The monoisotopic (exact) mass is 215 g/mol. The van der Waals surface area contributed by atoms with E-state index in [4.69, 9.17) is 0 Å². The van der Waals surface area contributed by atoms with Gasteiger partial charge in [-0.15, -0.1) is 0 Å². The van der Waals surface area contributed by atoms with E-state index in [1.54, 1.807) is 0 Å². The molecule has 0 amide bonds. The Hall–Kier alpha value is -1.50. The maximum absolute atomic E-state index is 3.97. The second-order valence-corrected chi connectivity index (χ2v) is 4.51. The van der Waals surface area contributed by atoms with E-state index in [0.717, 1.165) is 5.57 Å². The lowest BCUT2D eigenvalue weighted by Gasteiger charge is -2.18. The number of nitrogens with zero attached hydrogens (tertiary/aromatic N) is 1. The van der Waals surface area contributed by atoms with Gasteiger partial charge in [-0.2, -0.15) is 0 Å². The fourth-order valence-corrected chi connectivity index (χ4v) is 1.58. The van der Waals surface area contributed by atoms with Crippen LogP contribution in [0.4, 0.5) is 5.69 Å². The van der Waals surface area contributed by atoms with E-state index >= 15 is 0 Å². The van der Waals surface area contributed by atoms with Crippen LogP contribution in [0.2, 0.25) is 0 Å². The Bertz CT molecular complexity index is 425. The van der Waals surface area contributed by atoms with Gasteiger partial charge in [0.05, 0.1) is 0 Å². The minimum atomic E-state index is 1.12. The SMILES string of the molecule is C=C(C)/C(C)=C/c1c(C)cccc1N(C)C. The third-order valence-corrected chi connectivity index (χ3v) is 2.82. The molecule has 1 heteroatoms. The number of rotatable bonds is 3. The summed E-state index contributed by atoms with van der Waals surface area (Å²) in [7, 11) is 4.14. The van der Waals surface area contributed by atoms with Gasteiger partial charge < -0.3 is 4.90 Å². The highest BCUT2D eigenvalue weighted by molar-refractivity contribution is 5.72. The molecule has 0 spiro atoms. The summed E-state index contributed by atoms with van der Waals surface area (Å²) in [5.74, 6) is 0. The molecule has 0 aromatic heterocycles. The van der Waals surface area contributed by atoms with Crippen molar-refractivity contribution in [3.63, 3.8) is 0 Å². The Kier molecular flexibility index (Phi) is 3.94. The molecule has 0 saturated heterocycles. The number of allylic oxidation sites excluding steroid dienone is 2. The fourth-order valence-electron chi connectivity index (χ4n) is 1.58.